The molecule has 0 unspecified atom stereocenters. The zero-order valence-corrected chi connectivity index (χ0v) is 10.1. The zero-order valence-electron chi connectivity index (χ0n) is 10.1. The number of halogens is 1. The van der Waals surface area contributed by atoms with Crippen LogP contribution < -0.4 is 5.32 Å². The molecule has 1 aromatic heterocycles. The van der Waals surface area contributed by atoms with Crippen molar-refractivity contribution in [2.75, 3.05) is 5.32 Å². The fourth-order valence-electron chi connectivity index (χ4n) is 1.93. The van der Waals surface area contributed by atoms with E-state index >= 15 is 0 Å². The standard InChI is InChI=1S/C15H12FNO2/c16-13-8-11(5-6-14(13)18)17-9-12-7-10-3-1-2-4-15(10)19-12/h1-8,17-18H,9H2. The van der Waals surface area contributed by atoms with E-state index in [1.54, 1.807) is 6.07 Å². The van der Waals surface area contributed by atoms with Crippen molar-refractivity contribution in [2.24, 2.45) is 0 Å². The fraction of sp³-hybridized carbons (Fsp3) is 0.0667. The highest BCUT2D eigenvalue weighted by Gasteiger charge is 2.04. The van der Waals surface area contributed by atoms with Crippen LogP contribution in [-0.2, 0) is 6.54 Å². The van der Waals surface area contributed by atoms with Gasteiger partial charge in [0.2, 0.25) is 0 Å². The van der Waals surface area contributed by atoms with Crippen LogP contribution >= 0.6 is 0 Å². The highest BCUT2D eigenvalue weighted by molar-refractivity contribution is 5.77. The topological polar surface area (TPSA) is 45.4 Å². The summed E-state index contributed by atoms with van der Waals surface area (Å²) in [5, 5.41) is 13.2. The summed E-state index contributed by atoms with van der Waals surface area (Å²) >= 11 is 0. The number of aromatic hydroxyl groups is 1. The third kappa shape index (κ3) is 2.38. The Kier molecular flexibility index (Phi) is 2.83. The average molecular weight is 257 g/mol. The van der Waals surface area contributed by atoms with Gasteiger partial charge in [0, 0.05) is 17.1 Å². The third-order valence-corrected chi connectivity index (χ3v) is 2.89. The van der Waals surface area contributed by atoms with Crippen LogP contribution in [0.5, 0.6) is 5.75 Å². The van der Waals surface area contributed by atoms with Crippen LogP contribution in [-0.4, -0.2) is 5.11 Å². The Morgan fingerprint density at radius 2 is 1.95 bits per heavy atom. The lowest BCUT2D eigenvalue weighted by Crippen LogP contribution is -1.98. The largest absolute Gasteiger partial charge is 0.505 e. The van der Waals surface area contributed by atoms with Crippen LogP contribution in [0, 0.1) is 5.82 Å². The first-order chi connectivity index (χ1) is 9.22. The van der Waals surface area contributed by atoms with Crippen molar-refractivity contribution >= 4 is 16.7 Å². The van der Waals surface area contributed by atoms with Gasteiger partial charge in [0.1, 0.15) is 11.3 Å². The predicted octanol–water partition coefficient (Wildman–Crippen LogP) is 3.89. The van der Waals surface area contributed by atoms with Gasteiger partial charge >= 0.3 is 0 Å². The minimum atomic E-state index is -0.644. The van der Waals surface area contributed by atoms with Gasteiger partial charge in [0.05, 0.1) is 6.54 Å². The molecule has 19 heavy (non-hydrogen) atoms. The second kappa shape index (κ2) is 4.65. The first-order valence-corrected chi connectivity index (χ1v) is 5.92. The van der Waals surface area contributed by atoms with E-state index in [0.717, 1.165) is 16.7 Å². The molecule has 0 fully saturated rings. The number of benzene rings is 2. The molecule has 2 aromatic carbocycles. The lowest BCUT2D eigenvalue weighted by atomic mass is 10.2. The first kappa shape index (κ1) is 11.6. The van der Waals surface area contributed by atoms with Gasteiger partial charge in [-0.25, -0.2) is 4.39 Å². The summed E-state index contributed by atoms with van der Waals surface area (Å²) in [6.07, 6.45) is 0. The molecule has 0 saturated heterocycles. The summed E-state index contributed by atoms with van der Waals surface area (Å²) in [5.41, 5.74) is 1.42. The molecule has 3 rings (SSSR count). The molecule has 2 N–H and O–H groups in total. The molecule has 96 valence electrons. The van der Waals surface area contributed by atoms with Crippen LogP contribution in [0.3, 0.4) is 0 Å². The third-order valence-electron chi connectivity index (χ3n) is 2.89. The molecule has 0 aliphatic heterocycles. The number of phenols is 1. The maximum atomic E-state index is 13.2. The number of fused-ring (bicyclic) bond motifs is 1. The molecule has 3 nitrogen and oxygen atoms in total. The van der Waals surface area contributed by atoms with Gasteiger partial charge in [-0.15, -0.1) is 0 Å². The van der Waals surface area contributed by atoms with E-state index in [1.807, 2.05) is 30.3 Å². The fourth-order valence-corrected chi connectivity index (χ4v) is 1.93. The van der Waals surface area contributed by atoms with Crippen LogP contribution in [0.2, 0.25) is 0 Å². The zero-order chi connectivity index (χ0) is 13.2. The second-order valence-corrected chi connectivity index (χ2v) is 4.27. The summed E-state index contributed by atoms with van der Waals surface area (Å²) in [6, 6.07) is 13.9. The van der Waals surface area contributed by atoms with Crippen molar-refractivity contribution in [3.8, 4) is 5.75 Å². The van der Waals surface area contributed by atoms with E-state index in [4.69, 9.17) is 9.52 Å². The van der Waals surface area contributed by atoms with Crippen LogP contribution in [0.15, 0.2) is 52.9 Å². The molecule has 0 radical (unpaired) electrons. The summed E-state index contributed by atoms with van der Waals surface area (Å²) < 4.78 is 18.8. The van der Waals surface area contributed by atoms with E-state index in [2.05, 4.69) is 5.32 Å². The molecule has 0 saturated carbocycles. The average Bonchev–Trinajstić information content (AvgIpc) is 2.83. The molecule has 1 heterocycles. The van der Waals surface area contributed by atoms with Crippen LogP contribution in [0.1, 0.15) is 5.76 Å². The second-order valence-electron chi connectivity index (χ2n) is 4.27. The van der Waals surface area contributed by atoms with Crippen molar-refractivity contribution in [2.45, 2.75) is 6.54 Å². The maximum absolute atomic E-state index is 13.2. The van der Waals surface area contributed by atoms with Gasteiger partial charge < -0.3 is 14.8 Å². The van der Waals surface area contributed by atoms with E-state index < -0.39 is 5.82 Å². The molecule has 4 heteroatoms. The van der Waals surface area contributed by atoms with Crippen molar-refractivity contribution < 1.29 is 13.9 Å². The van der Waals surface area contributed by atoms with Gasteiger partial charge in [-0.2, -0.15) is 0 Å². The van der Waals surface area contributed by atoms with Crippen LogP contribution in [0.25, 0.3) is 11.0 Å². The number of hydrogen-bond donors (Lipinski definition) is 2. The molecule has 0 amide bonds. The first-order valence-electron chi connectivity index (χ1n) is 5.92. The summed E-state index contributed by atoms with van der Waals surface area (Å²) in [5.74, 6) is -0.224. The van der Waals surface area contributed by atoms with Crippen molar-refractivity contribution in [1.29, 1.82) is 0 Å². The molecule has 0 spiro atoms. The van der Waals surface area contributed by atoms with Crippen LogP contribution in [0.4, 0.5) is 10.1 Å². The minimum absolute atomic E-state index is 0.353. The number of anilines is 1. The molecular formula is C15H12FNO2. The van der Waals surface area contributed by atoms with Crippen molar-refractivity contribution in [3.05, 3.63) is 60.1 Å². The number of phenolic OH excluding ortho intramolecular Hbond substituents is 1. The number of rotatable bonds is 3. The predicted molar refractivity (Wildman–Crippen MR) is 71.6 cm³/mol. The summed E-state index contributed by atoms with van der Waals surface area (Å²) in [4.78, 5) is 0. The molecule has 0 bridgehead atoms. The lowest BCUT2D eigenvalue weighted by molar-refractivity contribution is 0.432. The number of hydrogen-bond acceptors (Lipinski definition) is 3. The molecule has 3 aromatic rings. The van der Waals surface area contributed by atoms with Crippen molar-refractivity contribution in [1.82, 2.24) is 0 Å². The Hall–Kier alpha value is -2.49. The molecular weight excluding hydrogens is 245 g/mol. The van der Waals surface area contributed by atoms with Gasteiger partial charge in [0.15, 0.2) is 11.6 Å². The smallest absolute Gasteiger partial charge is 0.166 e. The van der Waals surface area contributed by atoms with Crippen molar-refractivity contribution in [3.63, 3.8) is 0 Å². The SMILES string of the molecule is Oc1ccc(NCc2cc3ccccc3o2)cc1F. The molecule has 0 aliphatic rings. The highest BCUT2D eigenvalue weighted by Crippen LogP contribution is 2.22. The Labute approximate surface area is 109 Å². The summed E-state index contributed by atoms with van der Waals surface area (Å²) in [7, 11) is 0. The minimum Gasteiger partial charge on any atom is -0.505 e. The van der Waals surface area contributed by atoms with E-state index in [9.17, 15) is 4.39 Å². The van der Waals surface area contributed by atoms with Gasteiger partial charge in [0.25, 0.3) is 0 Å². The maximum Gasteiger partial charge on any atom is 0.166 e. The Balaban J connectivity index is 1.76. The molecule has 0 aliphatic carbocycles. The monoisotopic (exact) mass is 257 g/mol. The van der Waals surface area contributed by atoms with E-state index in [0.29, 0.717) is 12.2 Å². The van der Waals surface area contributed by atoms with E-state index in [1.165, 1.54) is 12.1 Å². The highest BCUT2D eigenvalue weighted by atomic mass is 19.1. The number of para-hydroxylation sites is 1. The van der Waals surface area contributed by atoms with Gasteiger partial charge in [-0.3, -0.25) is 0 Å². The Morgan fingerprint density at radius 3 is 2.74 bits per heavy atom. The number of nitrogens with one attached hydrogen (secondary N) is 1. The normalized spacial score (nSPS) is 10.8. The summed E-state index contributed by atoms with van der Waals surface area (Å²) in [6.45, 7) is 0.457. The molecule has 0 atom stereocenters. The van der Waals surface area contributed by atoms with Gasteiger partial charge in [-0.1, -0.05) is 18.2 Å². The lowest BCUT2D eigenvalue weighted by Gasteiger charge is -2.04. The quantitative estimate of drug-likeness (QED) is 0.700. The number of furan rings is 1. The Bertz CT molecular complexity index is 688. The van der Waals surface area contributed by atoms with Gasteiger partial charge in [-0.05, 0) is 24.3 Å². The van der Waals surface area contributed by atoms with E-state index in [-0.39, 0.29) is 5.75 Å². The Morgan fingerprint density at radius 1 is 1.11 bits per heavy atom.